The van der Waals surface area contributed by atoms with Crippen LogP contribution in [-0.4, -0.2) is 18.1 Å². The molecule has 2 rings (SSSR count). The highest BCUT2D eigenvalue weighted by molar-refractivity contribution is 5.90. The summed E-state index contributed by atoms with van der Waals surface area (Å²) < 4.78 is 17.9. The zero-order valence-electron chi connectivity index (χ0n) is 10.1. The zero-order chi connectivity index (χ0) is 13.8. The van der Waals surface area contributed by atoms with Gasteiger partial charge in [-0.25, -0.2) is 9.18 Å². The normalized spacial score (nSPS) is 9.74. The van der Waals surface area contributed by atoms with E-state index >= 15 is 0 Å². The van der Waals surface area contributed by atoms with Gasteiger partial charge in [0, 0.05) is 5.56 Å². The standard InChI is InChI=1S/C14H9FN2O2/c1-19-14(18)11-6-13(17-8-12(11)15)10-4-2-9(7-16)3-5-10/h2-6,8H,1H3. The monoisotopic (exact) mass is 256 g/mol. The fourth-order valence-corrected chi connectivity index (χ4v) is 1.58. The van der Waals surface area contributed by atoms with Gasteiger partial charge in [-0.1, -0.05) is 12.1 Å². The number of carbonyl (C=O) groups excluding carboxylic acids is 1. The quantitative estimate of drug-likeness (QED) is 0.774. The van der Waals surface area contributed by atoms with Crippen LogP contribution in [0, 0.1) is 17.1 Å². The zero-order valence-corrected chi connectivity index (χ0v) is 10.1. The van der Waals surface area contributed by atoms with E-state index in [9.17, 15) is 9.18 Å². The second-order valence-corrected chi connectivity index (χ2v) is 3.73. The van der Waals surface area contributed by atoms with Crippen LogP contribution in [0.25, 0.3) is 11.3 Å². The third kappa shape index (κ3) is 2.58. The summed E-state index contributed by atoms with van der Waals surface area (Å²) in [6, 6.07) is 9.93. The molecule has 0 amide bonds. The summed E-state index contributed by atoms with van der Waals surface area (Å²) >= 11 is 0. The molecule has 0 saturated heterocycles. The van der Waals surface area contributed by atoms with E-state index in [2.05, 4.69) is 9.72 Å². The van der Waals surface area contributed by atoms with Crippen molar-refractivity contribution in [2.45, 2.75) is 0 Å². The Hall–Kier alpha value is -2.74. The lowest BCUT2D eigenvalue weighted by molar-refractivity contribution is 0.0595. The maximum atomic E-state index is 13.4. The van der Waals surface area contributed by atoms with Crippen LogP contribution < -0.4 is 0 Å². The second-order valence-electron chi connectivity index (χ2n) is 3.73. The van der Waals surface area contributed by atoms with E-state index < -0.39 is 11.8 Å². The summed E-state index contributed by atoms with van der Waals surface area (Å²) in [7, 11) is 1.18. The molecule has 0 saturated carbocycles. The average Bonchev–Trinajstić information content (AvgIpc) is 2.47. The Kier molecular flexibility index (Phi) is 3.53. The predicted octanol–water partition coefficient (Wildman–Crippen LogP) is 2.55. The van der Waals surface area contributed by atoms with Crippen molar-refractivity contribution in [1.29, 1.82) is 5.26 Å². The molecule has 0 bridgehead atoms. The number of carbonyl (C=O) groups is 1. The highest BCUT2D eigenvalue weighted by atomic mass is 19.1. The fraction of sp³-hybridized carbons (Fsp3) is 0.0714. The van der Waals surface area contributed by atoms with Crippen molar-refractivity contribution < 1.29 is 13.9 Å². The molecule has 0 radical (unpaired) electrons. The first-order chi connectivity index (χ1) is 9.15. The van der Waals surface area contributed by atoms with Gasteiger partial charge in [-0.3, -0.25) is 4.98 Å². The molecule has 1 aromatic heterocycles. The molecule has 0 fully saturated rings. The van der Waals surface area contributed by atoms with Crippen molar-refractivity contribution in [2.24, 2.45) is 0 Å². The van der Waals surface area contributed by atoms with Gasteiger partial charge in [0.15, 0.2) is 5.82 Å². The van der Waals surface area contributed by atoms with Gasteiger partial charge in [0.25, 0.3) is 0 Å². The van der Waals surface area contributed by atoms with Crippen LogP contribution in [-0.2, 0) is 4.74 Å². The molecule has 0 spiro atoms. The minimum absolute atomic E-state index is 0.170. The van der Waals surface area contributed by atoms with Crippen LogP contribution >= 0.6 is 0 Å². The Labute approximate surface area is 109 Å². The number of benzene rings is 1. The Morgan fingerprint density at radius 2 is 2.05 bits per heavy atom. The molecule has 0 aliphatic rings. The molecule has 4 nitrogen and oxygen atoms in total. The summed E-state index contributed by atoms with van der Waals surface area (Å²) in [6.45, 7) is 0. The Morgan fingerprint density at radius 1 is 1.37 bits per heavy atom. The van der Waals surface area contributed by atoms with Crippen LogP contribution in [0.5, 0.6) is 0 Å². The highest BCUT2D eigenvalue weighted by Crippen LogP contribution is 2.20. The number of hydrogen-bond acceptors (Lipinski definition) is 4. The van der Waals surface area contributed by atoms with Crippen LogP contribution in [0.4, 0.5) is 4.39 Å². The molecule has 1 aromatic carbocycles. The number of methoxy groups -OCH3 is 1. The maximum Gasteiger partial charge on any atom is 0.340 e. The number of pyridine rings is 1. The lowest BCUT2D eigenvalue weighted by Gasteiger charge is -2.05. The smallest absolute Gasteiger partial charge is 0.340 e. The van der Waals surface area contributed by atoms with Crippen molar-refractivity contribution in [3.05, 3.63) is 53.5 Å². The molecule has 1 heterocycles. The molecule has 2 aromatic rings. The second kappa shape index (κ2) is 5.27. The minimum Gasteiger partial charge on any atom is -0.465 e. The van der Waals surface area contributed by atoms with Crippen molar-refractivity contribution in [3.8, 4) is 17.3 Å². The Morgan fingerprint density at radius 3 is 2.63 bits per heavy atom. The van der Waals surface area contributed by atoms with Gasteiger partial charge in [-0.2, -0.15) is 5.26 Å². The maximum absolute atomic E-state index is 13.4. The first-order valence-corrected chi connectivity index (χ1v) is 5.40. The number of nitriles is 1. The number of rotatable bonds is 2. The summed E-state index contributed by atoms with van der Waals surface area (Å²) in [6.07, 6.45) is 0.972. The molecule has 0 N–H and O–H groups in total. The third-order valence-corrected chi connectivity index (χ3v) is 2.57. The molecular formula is C14H9FN2O2. The number of hydrogen-bond donors (Lipinski definition) is 0. The number of aromatic nitrogens is 1. The van der Waals surface area contributed by atoms with Crippen LogP contribution in [0.15, 0.2) is 36.5 Å². The van der Waals surface area contributed by atoms with E-state index in [1.165, 1.54) is 13.2 Å². The fourth-order valence-electron chi connectivity index (χ4n) is 1.58. The van der Waals surface area contributed by atoms with Gasteiger partial charge >= 0.3 is 5.97 Å². The van der Waals surface area contributed by atoms with E-state index in [0.29, 0.717) is 16.8 Å². The summed E-state index contributed by atoms with van der Waals surface area (Å²) in [5.41, 5.74) is 1.46. The van der Waals surface area contributed by atoms with Crippen molar-refractivity contribution in [3.63, 3.8) is 0 Å². The first kappa shape index (κ1) is 12.7. The lowest BCUT2D eigenvalue weighted by atomic mass is 10.1. The van der Waals surface area contributed by atoms with Crippen LogP contribution in [0.1, 0.15) is 15.9 Å². The first-order valence-electron chi connectivity index (χ1n) is 5.40. The number of esters is 1. The SMILES string of the molecule is COC(=O)c1cc(-c2ccc(C#N)cc2)ncc1F. The Balaban J connectivity index is 2.45. The summed E-state index contributed by atoms with van der Waals surface area (Å²) in [4.78, 5) is 15.3. The van der Waals surface area contributed by atoms with Gasteiger partial charge in [-0.05, 0) is 18.2 Å². The van der Waals surface area contributed by atoms with Gasteiger partial charge in [0.05, 0.1) is 36.2 Å². The molecule has 0 aliphatic heterocycles. The van der Waals surface area contributed by atoms with Gasteiger partial charge in [0.1, 0.15) is 0 Å². The molecule has 0 aliphatic carbocycles. The van der Waals surface area contributed by atoms with Gasteiger partial charge in [0.2, 0.25) is 0 Å². The topological polar surface area (TPSA) is 63.0 Å². The predicted molar refractivity (Wildman–Crippen MR) is 65.7 cm³/mol. The van der Waals surface area contributed by atoms with Gasteiger partial charge in [-0.15, -0.1) is 0 Å². The Bertz CT molecular complexity index is 660. The van der Waals surface area contributed by atoms with Crippen LogP contribution in [0.3, 0.4) is 0 Å². The summed E-state index contributed by atoms with van der Waals surface area (Å²) in [5.74, 6) is -1.49. The highest BCUT2D eigenvalue weighted by Gasteiger charge is 2.14. The van der Waals surface area contributed by atoms with E-state index in [4.69, 9.17) is 5.26 Å². The third-order valence-electron chi connectivity index (χ3n) is 2.57. The molecule has 5 heteroatoms. The molecule has 19 heavy (non-hydrogen) atoms. The largest absolute Gasteiger partial charge is 0.465 e. The summed E-state index contributed by atoms with van der Waals surface area (Å²) in [5, 5.41) is 8.71. The molecule has 0 atom stereocenters. The number of nitrogens with zero attached hydrogens (tertiary/aromatic N) is 2. The minimum atomic E-state index is -0.755. The van der Waals surface area contributed by atoms with E-state index in [1.54, 1.807) is 24.3 Å². The van der Waals surface area contributed by atoms with Crippen molar-refractivity contribution in [1.82, 2.24) is 4.98 Å². The average molecular weight is 256 g/mol. The van der Waals surface area contributed by atoms with E-state index in [1.807, 2.05) is 6.07 Å². The van der Waals surface area contributed by atoms with E-state index in [-0.39, 0.29) is 5.56 Å². The lowest BCUT2D eigenvalue weighted by Crippen LogP contribution is -2.05. The number of ether oxygens (including phenoxy) is 1. The van der Waals surface area contributed by atoms with Gasteiger partial charge < -0.3 is 4.74 Å². The molecule has 94 valence electrons. The van der Waals surface area contributed by atoms with E-state index in [0.717, 1.165) is 6.20 Å². The number of halogens is 1. The molecule has 0 unspecified atom stereocenters. The van der Waals surface area contributed by atoms with Crippen molar-refractivity contribution >= 4 is 5.97 Å². The van der Waals surface area contributed by atoms with Crippen LogP contribution in [0.2, 0.25) is 0 Å². The molecular weight excluding hydrogens is 247 g/mol. The van der Waals surface area contributed by atoms with Crippen molar-refractivity contribution in [2.75, 3.05) is 7.11 Å².